The van der Waals surface area contributed by atoms with Gasteiger partial charge >= 0.3 is 0 Å². The maximum absolute atomic E-state index is 14.1. The minimum atomic E-state index is -1.05. The van der Waals surface area contributed by atoms with Crippen LogP contribution >= 0.6 is 0 Å². The van der Waals surface area contributed by atoms with Gasteiger partial charge in [-0.15, -0.1) is 0 Å². The Hall–Kier alpha value is -2.64. The van der Waals surface area contributed by atoms with Crippen LogP contribution in [-0.2, 0) is 0 Å². The molecule has 3 rings (SSSR count). The van der Waals surface area contributed by atoms with E-state index in [-0.39, 0.29) is 61.3 Å². The van der Waals surface area contributed by atoms with E-state index in [2.05, 4.69) is 0 Å². The normalized spacial score (nSPS) is 18.3. The molecule has 0 atom stereocenters. The molecule has 0 aromatic heterocycles. The maximum atomic E-state index is 14.1. The second kappa shape index (κ2) is 11.3. The van der Waals surface area contributed by atoms with E-state index in [4.69, 9.17) is 18.9 Å². The lowest BCUT2D eigenvalue weighted by atomic mass is 9.83. The average molecular weight is 456 g/mol. The van der Waals surface area contributed by atoms with E-state index in [0.717, 1.165) is 25.7 Å². The molecule has 1 aliphatic carbocycles. The van der Waals surface area contributed by atoms with Gasteiger partial charge in [0.05, 0.1) is 26.4 Å². The molecule has 1 fully saturated rings. The highest BCUT2D eigenvalue weighted by molar-refractivity contribution is 5.35. The predicted molar refractivity (Wildman–Crippen MR) is 111 cm³/mol. The number of rotatable bonds is 10. The molecule has 1 saturated carbocycles. The summed E-state index contributed by atoms with van der Waals surface area (Å²) in [5, 5.41) is 0. The van der Waals surface area contributed by atoms with Crippen molar-refractivity contribution in [2.24, 2.45) is 11.8 Å². The lowest BCUT2D eigenvalue weighted by molar-refractivity contribution is 0.142. The number of benzene rings is 2. The van der Waals surface area contributed by atoms with Gasteiger partial charge in [-0.25, -0.2) is 0 Å². The molecule has 176 valence electrons. The van der Waals surface area contributed by atoms with Gasteiger partial charge < -0.3 is 18.9 Å². The fourth-order valence-corrected chi connectivity index (χ4v) is 3.77. The highest BCUT2D eigenvalue weighted by Crippen LogP contribution is 2.33. The lowest BCUT2D eigenvalue weighted by Gasteiger charge is -2.28. The fraction of sp³-hybridized carbons (Fsp3) is 0.500. The number of ether oxygens (including phenoxy) is 4. The molecular formula is C24H28F4O4. The van der Waals surface area contributed by atoms with Crippen molar-refractivity contribution in [2.75, 3.05) is 26.4 Å². The Balaban J connectivity index is 1.45. The summed E-state index contributed by atoms with van der Waals surface area (Å²) < 4.78 is 77.3. The summed E-state index contributed by atoms with van der Waals surface area (Å²) in [6.07, 6.45) is 3.26. The molecule has 0 spiro atoms. The van der Waals surface area contributed by atoms with Crippen LogP contribution in [0, 0.1) is 35.1 Å². The van der Waals surface area contributed by atoms with E-state index < -0.39 is 23.3 Å². The topological polar surface area (TPSA) is 36.9 Å². The van der Waals surface area contributed by atoms with Crippen LogP contribution in [0.25, 0.3) is 0 Å². The van der Waals surface area contributed by atoms with Crippen LogP contribution in [0.15, 0.2) is 24.3 Å². The van der Waals surface area contributed by atoms with E-state index >= 15 is 0 Å². The third-order valence-corrected chi connectivity index (χ3v) is 5.54. The molecule has 1 aliphatic rings. The Morgan fingerprint density at radius 2 is 0.844 bits per heavy atom. The Morgan fingerprint density at radius 1 is 0.562 bits per heavy atom. The average Bonchev–Trinajstić information content (AvgIpc) is 2.80. The smallest absolute Gasteiger partial charge is 0.204 e. The molecule has 0 bridgehead atoms. The van der Waals surface area contributed by atoms with Gasteiger partial charge in [0, 0.05) is 0 Å². The van der Waals surface area contributed by atoms with Gasteiger partial charge in [0.1, 0.15) is 0 Å². The second-order valence-electron chi connectivity index (χ2n) is 7.75. The first-order valence-electron chi connectivity index (χ1n) is 10.9. The largest absolute Gasteiger partial charge is 0.491 e. The fourth-order valence-electron chi connectivity index (χ4n) is 3.77. The second-order valence-corrected chi connectivity index (χ2v) is 7.75. The standard InChI is InChI=1S/C24H28F4O4/c1-3-29-17-9-11-19(23(27)21(17)25)31-13-15-5-7-16(8-6-15)14-32-20-12-10-18(30-4-2)22(26)24(20)28/h9-12,15-16H,3-8,13-14H2,1-2H3. The van der Waals surface area contributed by atoms with Gasteiger partial charge in [0.2, 0.25) is 23.3 Å². The quantitative estimate of drug-likeness (QED) is 0.393. The molecule has 0 unspecified atom stereocenters. The monoisotopic (exact) mass is 456 g/mol. The van der Waals surface area contributed by atoms with Gasteiger partial charge in [0.15, 0.2) is 23.0 Å². The summed E-state index contributed by atoms with van der Waals surface area (Å²) in [6, 6.07) is 5.45. The molecule has 0 N–H and O–H groups in total. The van der Waals surface area contributed by atoms with Crippen molar-refractivity contribution < 1.29 is 36.5 Å². The zero-order valence-electron chi connectivity index (χ0n) is 18.3. The molecule has 4 nitrogen and oxygen atoms in total. The molecule has 0 saturated heterocycles. The van der Waals surface area contributed by atoms with Crippen molar-refractivity contribution in [1.82, 2.24) is 0 Å². The number of hydrogen-bond acceptors (Lipinski definition) is 4. The van der Waals surface area contributed by atoms with E-state index in [1.165, 1.54) is 24.3 Å². The SMILES string of the molecule is CCOc1ccc(OCC2CCC(COc3ccc(OCC)c(F)c3F)CC2)c(F)c1F. The first-order valence-corrected chi connectivity index (χ1v) is 10.9. The molecule has 0 radical (unpaired) electrons. The van der Waals surface area contributed by atoms with E-state index in [1.807, 2.05) is 0 Å². The zero-order chi connectivity index (χ0) is 23.1. The summed E-state index contributed by atoms with van der Waals surface area (Å²) in [4.78, 5) is 0. The molecular weight excluding hydrogens is 428 g/mol. The van der Waals surface area contributed by atoms with Crippen LogP contribution in [0.2, 0.25) is 0 Å². The predicted octanol–water partition coefficient (Wildman–Crippen LogP) is 6.30. The van der Waals surface area contributed by atoms with Crippen molar-refractivity contribution >= 4 is 0 Å². The van der Waals surface area contributed by atoms with Gasteiger partial charge in [-0.3, -0.25) is 0 Å². The molecule has 0 heterocycles. The molecule has 2 aromatic carbocycles. The van der Waals surface area contributed by atoms with Crippen molar-refractivity contribution in [3.05, 3.63) is 47.5 Å². The summed E-state index contributed by atoms with van der Waals surface area (Å²) in [6.45, 7) is 4.41. The maximum Gasteiger partial charge on any atom is 0.204 e. The first kappa shape index (κ1) is 24.0. The number of halogens is 4. The molecule has 0 aliphatic heterocycles. The van der Waals surface area contributed by atoms with E-state index in [1.54, 1.807) is 13.8 Å². The number of hydrogen-bond donors (Lipinski definition) is 0. The van der Waals surface area contributed by atoms with E-state index in [0.29, 0.717) is 0 Å². The molecule has 2 aromatic rings. The zero-order valence-corrected chi connectivity index (χ0v) is 18.3. The van der Waals surface area contributed by atoms with E-state index in [9.17, 15) is 17.6 Å². The highest BCUT2D eigenvalue weighted by Gasteiger charge is 2.24. The van der Waals surface area contributed by atoms with Crippen LogP contribution in [0.3, 0.4) is 0 Å². The van der Waals surface area contributed by atoms with Crippen LogP contribution in [0.5, 0.6) is 23.0 Å². The van der Waals surface area contributed by atoms with Crippen LogP contribution in [0.1, 0.15) is 39.5 Å². The van der Waals surface area contributed by atoms with Gasteiger partial charge in [-0.1, -0.05) is 0 Å². The van der Waals surface area contributed by atoms with Crippen molar-refractivity contribution in [3.63, 3.8) is 0 Å². The Morgan fingerprint density at radius 3 is 1.12 bits per heavy atom. The molecule has 32 heavy (non-hydrogen) atoms. The Kier molecular flexibility index (Phi) is 8.47. The summed E-state index contributed by atoms with van der Waals surface area (Å²) in [5.41, 5.74) is 0. The van der Waals surface area contributed by atoms with Crippen molar-refractivity contribution in [3.8, 4) is 23.0 Å². The third-order valence-electron chi connectivity index (χ3n) is 5.54. The third kappa shape index (κ3) is 5.78. The minimum absolute atomic E-state index is 0.135. The van der Waals surface area contributed by atoms with Crippen LogP contribution in [-0.4, -0.2) is 26.4 Å². The first-order chi connectivity index (χ1) is 15.4. The Bertz CT molecular complexity index is 825. The molecule has 8 heteroatoms. The summed E-state index contributed by atoms with van der Waals surface area (Å²) in [5.74, 6) is -4.37. The van der Waals surface area contributed by atoms with Gasteiger partial charge in [0.25, 0.3) is 0 Å². The van der Waals surface area contributed by atoms with Crippen molar-refractivity contribution in [1.29, 1.82) is 0 Å². The van der Waals surface area contributed by atoms with Crippen LogP contribution in [0.4, 0.5) is 17.6 Å². The summed E-state index contributed by atoms with van der Waals surface area (Å²) in [7, 11) is 0. The van der Waals surface area contributed by atoms with Crippen LogP contribution < -0.4 is 18.9 Å². The summed E-state index contributed by atoms with van der Waals surface area (Å²) >= 11 is 0. The van der Waals surface area contributed by atoms with Crippen molar-refractivity contribution in [2.45, 2.75) is 39.5 Å². The minimum Gasteiger partial charge on any atom is -0.491 e. The Labute approximate surface area is 185 Å². The van der Waals surface area contributed by atoms with Gasteiger partial charge in [-0.05, 0) is 75.6 Å². The lowest BCUT2D eigenvalue weighted by Crippen LogP contribution is -2.24. The highest BCUT2D eigenvalue weighted by atomic mass is 19.2. The molecule has 0 amide bonds. The van der Waals surface area contributed by atoms with Gasteiger partial charge in [-0.2, -0.15) is 17.6 Å².